The first-order valence-corrected chi connectivity index (χ1v) is 5.49. The average Bonchev–Trinajstić information content (AvgIpc) is 2.72. The molecule has 0 saturated carbocycles. The van der Waals surface area contributed by atoms with Gasteiger partial charge >= 0.3 is 0 Å². The van der Waals surface area contributed by atoms with Gasteiger partial charge in [0, 0.05) is 25.2 Å². The van der Waals surface area contributed by atoms with E-state index in [9.17, 15) is 4.79 Å². The van der Waals surface area contributed by atoms with Gasteiger partial charge in [0.1, 0.15) is 11.1 Å². The van der Waals surface area contributed by atoms with E-state index in [0.717, 1.165) is 5.01 Å². The van der Waals surface area contributed by atoms with Gasteiger partial charge in [-0.2, -0.15) is 0 Å². The number of rotatable bonds is 5. The van der Waals surface area contributed by atoms with Crippen LogP contribution in [0.1, 0.15) is 18.0 Å². The smallest absolute Gasteiger partial charge is 0.250 e. The molecule has 15 heavy (non-hydrogen) atoms. The third kappa shape index (κ3) is 3.26. The molecule has 1 rings (SSSR count). The first-order chi connectivity index (χ1) is 7.19. The number of aromatic nitrogens is 1. The maximum atomic E-state index is 11.6. The van der Waals surface area contributed by atoms with Crippen LogP contribution < -0.4 is 11.1 Å². The number of carbonyl (C=O) groups excluding carboxylic acids is 1. The number of amides is 1. The predicted octanol–water partition coefficient (Wildman–Crippen LogP) is 0.294. The van der Waals surface area contributed by atoms with E-state index in [0.29, 0.717) is 0 Å². The van der Waals surface area contributed by atoms with E-state index < -0.39 is 6.10 Å². The standard InChI is InChI=1S/C9H15N3O2S/c1-6(9-11-3-4-15-9)12-8(13)7(5-10)14-2/h3-4,6-7H,5,10H2,1-2H3,(H,12,13). The highest BCUT2D eigenvalue weighted by Crippen LogP contribution is 2.14. The zero-order valence-corrected chi connectivity index (χ0v) is 9.58. The Morgan fingerprint density at radius 3 is 3.00 bits per heavy atom. The van der Waals surface area contributed by atoms with Crippen molar-refractivity contribution in [2.45, 2.75) is 19.1 Å². The molecule has 0 radical (unpaired) electrons. The van der Waals surface area contributed by atoms with Crippen LogP contribution in [0.2, 0.25) is 0 Å². The average molecular weight is 229 g/mol. The van der Waals surface area contributed by atoms with Crippen molar-refractivity contribution in [3.05, 3.63) is 16.6 Å². The summed E-state index contributed by atoms with van der Waals surface area (Å²) in [4.78, 5) is 15.7. The molecular weight excluding hydrogens is 214 g/mol. The summed E-state index contributed by atoms with van der Waals surface area (Å²) < 4.78 is 4.93. The molecule has 0 aliphatic rings. The number of nitrogens with one attached hydrogen (secondary N) is 1. The maximum absolute atomic E-state index is 11.6. The molecule has 6 heteroatoms. The monoisotopic (exact) mass is 229 g/mol. The SMILES string of the molecule is COC(CN)C(=O)NC(C)c1nccs1. The third-order valence-electron chi connectivity index (χ3n) is 1.97. The van der Waals surface area contributed by atoms with Crippen molar-refractivity contribution >= 4 is 17.2 Å². The molecule has 0 fully saturated rings. The van der Waals surface area contributed by atoms with Crippen molar-refractivity contribution in [3.63, 3.8) is 0 Å². The molecule has 2 unspecified atom stereocenters. The number of hydrogen-bond donors (Lipinski definition) is 2. The number of thiazole rings is 1. The first-order valence-electron chi connectivity index (χ1n) is 4.61. The van der Waals surface area contributed by atoms with Gasteiger partial charge in [0.25, 0.3) is 5.91 Å². The molecule has 0 aliphatic heterocycles. The van der Waals surface area contributed by atoms with Crippen LogP contribution in [0, 0.1) is 0 Å². The Bertz CT molecular complexity index is 298. The van der Waals surface area contributed by atoms with Crippen molar-refractivity contribution < 1.29 is 9.53 Å². The fraction of sp³-hybridized carbons (Fsp3) is 0.556. The Hall–Kier alpha value is -0.980. The Morgan fingerprint density at radius 1 is 1.80 bits per heavy atom. The summed E-state index contributed by atoms with van der Waals surface area (Å²) in [5.41, 5.74) is 5.38. The number of methoxy groups -OCH3 is 1. The van der Waals surface area contributed by atoms with Crippen molar-refractivity contribution in [1.82, 2.24) is 10.3 Å². The predicted molar refractivity (Wildman–Crippen MR) is 58.5 cm³/mol. The Morgan fingerprint density at radius 2 is 2.53 bits per heavy atom. The van der Waals surface area contributed by atoms with Crippen molar-refractivity contribution in [2.24, 2.45) is 5.73 Å². The fourth-order valence-electron chi connectivity index (χ4n) is 1.13. The minimum atomic E-state index is -0.590. The number of nitrogens with two attached hydrogens (primary N) is 1. The number of ether oxygens (including phenoxy) is 1. The lowest BCUT2D eigenvalue weighted by molar-refractivity contribution is -0.131. The molecule has 0 spiro atoms. The molecule has 5 nitrogen and oxygen atoms in total. The van der Waals surface area contributed by atoms with E-state index in [4.69, 9.17) is 10.5 Å². The van der Waals surface area contributed by atoms with Gasteiger partial charge in [-0.1, -0.05) is 0 Å². The quantitative estimate of drug-likeness (QED) is 0.761. The van der Waals surface area contributed by atoms with Crippen LogP contribution >= 0.6 is 11.3 Å². The van der Waals surface area contributed by atoms with Crippen LogP contribution in [0.3, 0.4) is 0 Å². The second kappa shape index (κ2) is 5.79. The molecule has 84 valence electrons. The summed E-state index contributed by atoms with van der Waals surface area (Å²) in [5.74, 6) is -0.206. The minimum Gasteiger partial charge on any atom is -0.370 e. The number of hydrogen-bond acceptors (Lipinski definition) is 5. The lowest BCUT2D eigenvalue weighted by Gasteiger charge is -2.16. The van der Waals surface area contributed by atoms with E-state index >= 15 is 0 Å². The first kappa shape index (κ1) is 12.1. The van der Waals surface area contributed by atoms with Gasteiger partial charge in [0.15, 0.2) is 0 Å². The van der Waals surface area contributed by atoms with Crippen molar-refractivity contribution in [2.75, 3.05) is 13.7 Å². The van der Waals surface area contributed by atoms with Crippen LogP contribution in [0.25, 0.3) is 0 Å². The molecule has 0 saturated heterocycles. The highest BCUT2D eigenvalue weighted by Gasteiger charge is 2.19. The van der Waals surface area contributed by atoms with E-state index in [1.807, 2.05) is 12.3 Å². The van der Waals surface area contributed by atoms with Gasteiger partial charge in [-0.3, -0.25) is 4.79 Å². The summed E-state index contributed by atoms with van der Waals surface area (Å²) in [5, 5.41) is 5.53. The molecule has 0 aliphatic carbocycles. The summed E-state index contributed by atoms with van der Waals surface area (Å²) in [7, 11) is 1.46. The normalized spacial score (nSPS) is 14.6. The van der Waals surface area contributed by atoms with Crippen molar-refractivity contribution in [3.8, 4) is 0 Å². The second-order valence-electron chi connectivity index (χ2n) is 3.06. The van der Waals surface area contributed by atoms with Crippen LogP contribution in [-0.4, -0.2) is 30.6 Å². The van der Waals surface area contributed by atoms with Gasteiger partial charge in [-0.25, -0.2) is 4.98 Å². The molecule has 2 atom stereocenters. The zero-order chi connectivity index (χ0) is 11.3. The van der Waals surface area contributed by atoms with Crippen LogP contribution in [0.15, 0.2) is 11.6 Å². The van der Waals surface area contributed by atoms with E-state index in [1.165, 1.54) is 18.4 Å². The lowest BCUT2D eigenvalue weighted by Crippen LogP contribution is -2.41. The van der Waals surface area contributed by atoms with E-state index in [2.05, 4.69) is 10.3 Å². The molecule has 1 heterocycles. The van der Waals surface area contributed by atoms with Gasteiger partial charge in [-0.15, -0.1) is 11.3 Å². The summed E-state index contributed by atoms with van der Waals surface area (Å²) in [6.07, 6.45) is 1.12. The molecule has 1 aromatic rings. The van der Waals surface area contributed by atoms with Crippen molar-refractivity contribution in [1.29, 1.82) is 0 Å². The largest absolute Gasteiger partial charge is 0.370 e. The number of carbonyl (C=O) groups is 1. The van der Waals surface area contributed by atoms with Crippen LogP contribution in [-0.2, 0) is 9.53 Å². The van der Waals surface area contributed by atoms with Gasteiger partial charge in [-0.05, 0) is 6.92 Å². The van der Waals surface area contributed by atoms with E-state index in [1.54, 1.807) is 6.20 Å². The van der Waals surface area contributed by atoms with E-state index in [-0.39, 0.29) is 18.5 Å². The Labute approximate surface area is 92.6 Å². The minimum absolute atomic E-state index is 0.110. The van der Waals surface area contributed by atoms with Crippen LogP contribution in [0.4, 0.5) is 0 Å². The molecule has 3 N–H and O–H groups in total. The molecule has 1 amide bonds. The number of nitrogens with zero attached hydrogens (tertiary/aromatic N) is 1. The zero-order valence-electron chi connectivity index (χ0n) is 8.77. The fourth-order valence-corrected chi connectivity index (χ4v) is 1.77. The molecule has 0 bridgehead atoms. The van der Waals surface area contributed by atoms with Gasteiger partial charge < -0.3 is 15.8 Å². The Kier molecular flexibility index (Phi) is 4.67. The molecular formula is C9H15N3O2S. The van der Waals surface area contributed by atoms with Crippen LogP contribution in [0.5, 0.6) is 0 Å². The third-order valence-corrected chi connectivity index (χ3v) is 2.93. The highest BCUT2D eigenvalue weighted by molar-refractivity contribution is 7.09. The van der Waals surface area contributed by atoms with Gasteiger partial charge in [0.2, 0.25) is 0 Å². The molecule has 1 aromatic heterocycles. The Balaban J connectivity index is 2.51. The highest BCUT2D eigenvalue weighted by atomic mass is 32.1. The van der Waals surface area contributed by atoms with Gasteiger partial charge in [0.05, 0.1) is 6.04 Å². The topological polar surface area (TPSA) is 77.2 Å². The second-order valence-corrected chi connectivity index (χ2v) is 3.99. The summed E-state index contributed by atoms with van der Waals surface area (Å²) in [6, 6.07) is -0.110. The summed E-state index contributed by atoms with van der Waals surface area (Å²) >= 11 is 1.50. The maximum Gasteiger partial charge on any atom is 0.250 e. The molecule has 0 aromatic carbocycles. The lowest BCUT2D eigenvalue weighted by atomic mass is 10.3. The summed E-state index contributed by atoms with van der Waals surface area (Å²) in [6.45, 7) is 2.05.